The first-order valence-corrected chi connectivity index (χ1v) is 7.92. The maximum atomic E-state index is 12.8. The van der Waals surface area contributed by atoms with E-state index in [4.69, 9.17) is 18.0 Å². The molecule has 0 N–H and O–H groups in total. The first-order chi connectivity index (χ1) is 10.5. The summed E-state index contributed by atoms with van der Waals surface area (Å²) in [6.45, 7) is 4.02. The van der Waals surface area contributed by atoms with Gasteiger partial charge in [0, 0.05) is 15.5 Å². The normalized spacial score (nSPS) is 10.8. The molecule has 0 spiro atoms. The van der Waals surface area contributed by atoms with Crippen molar-refractivity contribution in [1.82, 2.24) is 9.55 Å². The van der Waals surface area contributed by atoms with Crippen molar-refractivity contribution in [2.24, 2.45) is 0 Å². The summed E-state index contributed by atoms with van der Waals surface area (Å²) in [5, 5.41) is 1.30. The number of hydrogen-bond acceptors (Lipinski definition) is 3. The Balaban J connectivity index is 2.38. The van der Waals surface area contributed by atoms with Crippen molar-refractivity contribution in [2.45, 2.75) is 20.4 Å². The molecule has 3 rings (SSSR count). The first kappa shape index (κ1) is 14.8. The molecular formula is C17H13ClN2OS. The molecule has 0 bridgehead atoms. The van der Waals surface area contributed by atoms with Crippen molar-refractivity contribution in [1.29, 1.82) is 0 Å². The average Bonchev–Trinajstić information content (AvgIpc) is 2.80. The number of thiophene rings is 1. The van der Waals surface area contributed by atoms with Crippen LogP contribution in [0.4, 0.5) is 0 Å². The van der Waals surface area contributed by atoms with Crippen LogP contribution >= 0.6 is 22.9 Å². The molecule has 1 aromatic carbocycles. The van der Waals surface area contributed by atoms with E-state index in [1.54, 1.807) is 6.92 Å². The van der Waals surface area contributed by atoms with Gasteiger partial charge in [-0.05, 0) is 31.5 Å². The summed E-state index contributed by atoms with van der Waals surface area (Å²) >= 11 is 7.48. The Hall–Kier alpha value is -2.09. The van der Waals surface area contributed by atoms with Crippen LogP contribution in [0.2, 0.25) is 5.02 Å². The van der Waals surface area contributed by atoms with Gasteiger partial charge in [0.15, 0.2) is 0 Å². The van der Waals surface area contributed by atoms with Gasteiger partial charge in [0.25, 0.3) is 5.56 Å². The largest absolute Gasteiger partial charge is 0.284 e. The number of aryl methyl sites for hydroxylation is 2. The van der Waals surface area contributed by atoms with E-state index in [2.05, 4.69) is 10.9 Å². The molecule has 0 aliphatic heterocycles. The van der Waals surface area contributed by atoms with E-state index in [0.29, 0.717) is 16.2 Å². The molecule has 2 heterocycles. The van der Waals surface area contributed by atoms with Crippen molar-refractivity contribution < 1.29 is 0 Å². The van der Waals surface area contributed by atoms with Gasteiger partial charge in [0.1, 0.15) is 10.7 Å². The van der Waals surface area contributed by atoms with E-state index < -0.39 is 0 Å². The number of hydrogen-bond donors (Lipinski definition) is 0. The van der Waals surface area contributed by atoms with Gasteiger partial charge in [-0.3, -0.25) is 9.36 Å². The third-order valence-electron chi connectivity index (χ3n) is 3.56. The molecule has 0 unspecified atom stereocenters. The van der Waals surface area contributed by atoms with Crippen molar-refractivity contribution >= 4 is 33.2 Å². The molecule has 2 aromatic heterocycles. The summed E-state index contributed by atoms with van der Waals surface area (Å²) in [4.78, 5) is 19.2. The Bertz CT molecular complexity index is 961. The second-order valence-electron chi connectivity index (χ2n) is 4.97. The Morgan fingerprint density at radius 2 is 2.00 bits per heavy atom. The fourth-order valence-corrected chi connectivity index (χ4v) is 3.75. The maximum absolute atomic E-state index is 12.8. The summed E-state index contributed by atoms with van der Waals surface area (Å²) in [5.74, 6) is 3.15. The Morgan fingerprint density at radius 3 is 2.64 bits per heavy atom. The molecule has 5 heteroatoms. The highest BCUT2D eigenvalue weighted by atomic mass is 35.5. The van der Waals surface area contributed by atoms with Crippen LogP contribution in [0.5, 0.6) is 0 Å². The number of benzene rings is 1. The van der Waals surface area contributed by atoms with Crippen molar-refractivity contribution in [2.75, 3.05) is 0 Å². The summed E-state index contributed by atoms with van der Waals surface area (Å²) in [5.41, 5.74) is 1.79. The molecule has 0 saturated carbocycles. The van der Waals surface area contributed by atoms with Crippen LogP contribution in [0.15, 0.2) is 29.1 Å². The van der Waals surface area contributed by atoms with Gasteiger partial charge in [-0.15, -0.1) is 17.8 Å². The van der Waals surface area contributed by atoms with Crippen LogP contribution < -0.4 is 5.56 Å². The second-order valence-corrected chi connectivity index (χ2v) is 6.61. The predicted molar refractivity (Wildman–Crippen MR) is 92.6 cm³/mol. The topological polar surface area (TPSA) is 34.9 Å². The minimum atomic E-state index is -0.0882. The number of nitrogens with zero attached hydrogens (tertiary/aromatic N) is 2. The quantitative estimate of drug-likeness (QED) is 0.666. The lowest BCUT2D eigenvalue weighted by atomic mass is 10.0. The molecule has 0 amide bonds. The standard InChI is InChI=1S/C17H13ClN2OS/c1-4-9-20-11(3)19-16-15(17(20)21)14(10(2)22-16)12-5-7-13(18)8-6-12/h1,5-8H,9H2,2-3H3. The lowest BCUT2D eigenvalue weighted by molar-refractivity contribution is 0.743. The van der Waals surface area contributed by atoms with E-state index in [1.165, 1.54) is 15.9 Å². The van der Waals surface area contributed by atoms with E-state index in [1.807, 2.05) is 31.2 Å². The highest BCUT2D eigenvalue weighted by molar-refractivity contribution is 7.19. The zero-order valence-corrected chi connectivity index (χ0v) is 13.8. The van der Waals surface area contributed by atoms with Crippen LogP contribution in [-0.2, 0) is 6.54 Å². The van der Waals surface area contributed by atoms with Crippen molar-refractivity contribution in [3.63, 3.8) is 0 Å². The SMILES string of the molecule is C#CCn1c(C)nc2sc(C)c(-c3ccc(Cl)cc3)c2c1=O. The molecule has 0 radical (unpaired) electrons. The highest BCUT2D eigenvalue weighted by Crippen LogP contribution is 2.36. The van der Waals surface area contributed by atoms with Gasteiger partial charge in [0.05, 0.1) is 11.9 Å². The molecule has 0 aliphatic rings. The maximum Gasteiger partial charge on any atom is 0.263 e. The van der Waals surface area contributed by atoms with Gasteiger partial charge in [0.2, 0.25) is 0 Å². The van der Waals surface area contributed by atoms with Gasteiger partial charge in [-0.1, -0.05) is 29.7 Å². The molecule has 22 heavy (non-hydrogen) atoms. The number of fused-ring (bicyclic) bond motifs is 1. The monoisotopic (exact) mass is 328 g/mol. The molecule has 110 valence electrons. The average molecular weight is 329 g/mol. The van der Waals surface area contributed by atoms with Crippen LogP contribution in [0.1, 0.15) is 10.7 Å². The molecule has 0 saturated heterocycles. The second kappa shape index (κ2) is 5.60. The lowest BCUT2D eigenvalue weighted by Gasteiger charge is -2.07. The van der Waals surface area contributed by atoms with Gasteiger partial charge < -0.3 is 0 Å². The number of halogens is 1. The number of rotatable bonds is 2. The summed E-state index contributed by atoms with van der Waals surface area (Å²) in [7, 11) is 0. The zero-order valence-electron chi connectivity index (χ0n) is 12.2. The van der Waals surface area contributed by atoms with Crippen LogP contribution in [0.25, 0.3) is 21.3 Å². The first-order valence-electron chi connectivity index (χ1n) is 6.73. The number of terminal acetylenes is 1. The molecule has 0 aliphatic carbocycles. The van der Waals surface area contributed by atoms with E-state index in [0.717, 1.165) is 20.8 Å². The third kappa shape index (κ3) is 2.33. The Labute approximate surface area is 137 Å². The summed E-state index contributed by atoms with van der Waals surface area (Å²) in [6.07, 6.45) is 5.36. The van der Waals surface area contributed by atoms with E-state index in [9.17, 15) is 4.79 Å². The predicted octanol–water partition coefficient (Wildman–Crippen LogP) is 4.03. The van der Waals surface area contributed by atoms with Crippen LogP contribution in [-0.4, -0.2) is 9.55 Å². The molecule has 0 fully saturated rings. The van der Waals surface area contributed by atoms with Gasteiger partial charge in [-0.2, -0.15) is 0 Å². The smallest absolute Gasteiger partial charge is 0.263 e. The zero-order chi connectivity index (χ0) is 15.9. The minimum absolute atomic E-state index is 0.0882. The Morgan fingerprint density at radius 1 is 1.32 bits per heavy atom. The van der Waals surface area contributed by atoms with Crippen LogP contribution in [0, 0.1) is 26.2 Å². The highest BCUT2D eigenvalue weighted by Gasteiger charge is 2.18. The van der Waals surface area contributed by atoms with Crippen molar-refractivity contribution in [3.05, 3.63) is 50.3 Å². The minimum Gasteiger partial charge on any atom is -0.284 e. The molecule has 0 atom stereocenters. The van der Waals surface area contributed by atoms with E-state index in [-0.39, 0.29) is 12.1 Å². The van der Waals surface area contributed by atoms with E-state index >= 15 is 0 Å². The summed E-state index contributed by atoms with van der Waals surface area (Å²) in [6, 6.07) is 7.48. The van der Waals surface area contributed by atoms with Crippen LogP contribution in [0.3, 0.4) is 0 Å². The third-order valence-corrected chi connectivity index (χ3v) is 4.81. The molecule has 3 aromatic rings. The fourth-order valence-electron chi connectivity index (χ4n) is 2.54. The lowest BCUT2D eigenvalue weighted by Crippen LogP contribution is -2.23. The van der Waals surface area contributed by atoms with Gasteiger partial charge >= 0.3 is 0 Å². The summed E-state index contributed by atoms with van der Waals surface area (Å²) < 4.78 is 1.54. The molecular weight excluding hydrogens is 316 g/mol. The number of aromatic nitrogens is 2. The molecule has 3 nitrogen and oxygen atoms in total. The van der Waals surface area contributed by atoms with Gasteiger partial charge in [-0.25, -0.2) is 4.98 Å². The Kier molecular flexibility index (Phi) is 3.78. The fraction of sp³-hybridized carbons (Fsp3) is 0.176. The van der Waals surface area contributed by atoms with Crippen molar-refractivity contribution in [3.8, 4) is 23.5 Å².